The highest BCUT2D eigenvalue weighted by Gasteiger charge is 2.24. The molecule has 1 fully saturated rings. The van der Waals surface area contributed by atoms with Crippen LogP contribution in [-0.4, -0.2) is 64.1 Å². The van der Waals surface area contributed by atoms with Gasteiger partial charge in [0.25, 0.3) is 5.91 Å². The number of nitrogens with one attached hydrogen (secondary N) is 1. The van der Waals surface area contributed by atoms with Gasteiger partial charge in [-0.3, -0.25) is 14.5 Å². The summed E-state index contributed by atoms with van der Waals surface area (Å²) < 4.78 is 1.72. The van der Waals surface area contributed by atoms with Crippen LogP contribution in [0.4, 0.5) is 5.82 Å². The smallest absolute Gasteiger partial charge is 0.264 e. The Kier molecular flexibility index (Phi) is 6.70. The standard InChI is InChI=1S/C22H24ClN5O2S/c1-16-6-7-19(31-16)22(30)27-12-10-26(11-13-27)15-21(29)25-20-8-9-24-28(20)14-17-4-2-3-5-18(17)23/h2-9H,10-15H2,1H3,(H,25,29). The van der Waals surface area contributed by atoms with E-state index in [9.17, 15) is 9.59 Å². The normalized spacial score (nSPS) is 14.6. The molecule has 162 valence electrons. The number of thiophene rings is 1. The molecule has 1 saturated heterocycles. The molecule has 1 aromatic carbocycles. The van der Waals surface area contributed by atoms with Crippen LogP contribution in [0, 0.1) is 6.92 Å². The van der Waals surface area contributed by atoms with Crippen molar-refractivity contribution in [3.63, 3.8) is 0 Å². The van der Waals surface area contributed by atoms with Gasteiger partial charge in [-0.2, -0.15) is 5.10 Å². The fraction of sp³-hybridized carbons (Fsp3) is 0.318. The SMILES string of the molecule is Cc1ccc(C(=O)N2CCN(CC(=O)Nc3ccnn3Cc3ccccc3Cl)CC2)s1. The first-order chi connectivity index (χ1) is 15.0. The molecule has 0 saturated carbocycles. The molecular weight excluding hydrogens is 434 g/mol. The fourth-order valence-electron chi connectivity index (χ4n) is 3.55. The summed E-state index contributed by atoms with van der Waals surface area (Å²) in [6.07, 6.45) is 1.66. The van der Waals surface area contributed by atoms with E-state index in [0.717, 1.165) is 15.3 Å². The highest BCUT2D eigenvalue weighted by molar-refractivity contribution is 7.13. The fourth-order valence-corrected chi connectivity index (χ4v) is 4.58. The van der Waals surface area contributed by atoms with Gasteiger partial charge >= 0.3 is 0 Å². The summed E-state index contributed by atoms with van der Waals surface area (Å²) in [4.78, 5) is 31.0. The zero-order valence-corrected chi connectivity index (χ0v) is 18.8. The number of nitrogens with zero attached hydrogens (tertiary/aromatic N) is 4. The zero-order valence-electron chi connectivity index (χ0n) is 17.3. The Morgan fingerprint density at radius 1 is 1.10 bits per heavy atom. The van der Waals surface area contributed by atoms with Gasteiger partial charge in [0.05, 0.1) is 24.2 Å². The topological polar surface area (TPSA) is 70.5 Å². The van der Waals surface area contributed by atoms with E-state index >= 15 is 0 Å². The second-order valence-corrected chi connectivity index (χ2v) is 9.19. The Balaban J connectivity index is 1.28. The van der Waals surface area contributed by atoms with Gasteiger partial charge in [0.2, 0.25) is 5.91 Å². The minimum atomic E-state index is -0.102. The molecule has 1 aliphatic heterocycles. The van der Waals surface area contributed by atoms with Crippen LogP contribution < -0.4 is 5.32 Å². The third-order valence-corrected chi connectivity index (χ3v) is 6.60. The van der Waals surface area contributed by atoms with Gasteiger partial charge in [-0.1, -0.05) is 29.8 Å². The minimum Gasteiger partial charge on any atom is -0.335 e. The van der Waals surface area contributed by atoms with Crippen molar-refractivity contribution in [2.45, 2.75) is 13.5 Å². The number of anilines is 1. The highest BCUT2D eigenvalue weighted by Crippen LogP contribution is 2.19. The molecule has 31 heavy (non-hydrogen) atoms. The van der Waals surface area contributed by atoms with Crippen molar-refractivity contribution in [3.05, 3.63) is 69.0 Å². The van der Waals surface area contributed by atoms with Crippen LogP contribution in [0.5, 0.6) is 0 Å². The number of halogens is 1. The quantitative estimate of drug-likeness (QED) is 0.616. The van der Waals surface area contributed by atoms with Gasteiger partial charge in [0.1, 0.15) is 5.82 Å². The lowest BCUT2D eigenvalue weighted by molar-refractivity contribution is -0.117. The molecule has 0 unspecified atom stereocenters. The number of amides is 2. The summed E-state index contributed by atoms with van der Waals surface area (Å²) in [5.41, 5.74) is 0.935. The van der Waals surface area contributed by atoms with Crippen LogP contribution in [0.3, 0.4) is 0 Å². The van der Waals surface area contributed by atoms with Crippen LogP contribution in [-0.2, 0) is 11.3 Å². The van der Waals surface area contributed by atoms with Gasteiger partial charge < -0.3 is 10.2 Å². The largest absolute Gasteiger partial charge is 0.335 e. The van der Waals surface area contributed by atoms with E-state index < -0.39 is 0 Å². The van der Waals surface area contributed by atoms with Gasteiger partial charge in [0.15, 0.2) is 0 Å². The molecule has 0 radical (unpaired) electrons. The number of hydrogen-bond acceptors (Lipinski definition) is 5. The number of hydrogen-bond donors (Lipinski definition) is 1. The van der Waals surface area contributed by atoms with Crippen molar-refractivity contribution < 1.29 is 9.59 Å². The van der Waals surface area contributed by atoms with Crippen molar-refractivity contribution in [3.8, 4) is 0 Å². The van der Waals surface area contributed by atoms with Crippen molar-refractivity contribution >= 4 is 40.6 Å². The monoisotopic (exact) mass is 457 g/mol. The number of rotatable bonds is 6. The lowest BCUT2D eigenvalue weighted by Crippen LogP contribution is -2.50. The van der Waals surface area contributed by atoms with Crippen LogP contribution >= 0.6 is 22.9 Å². The van der Waals surface area contributed by atoms with Crippen molar-refractivity contribution in [2.24, 2.45) is 0 Å². The molecule has 1 aliphatic rings. The molecular formula is C22H24ClN5O2S. The molecule has 4 rings (SSSR count). The van der Waals surface area contributed by atoms with Crippen LogP contribution in [0.2, 0.25) is 5.02 Å². The Labute approximate surface area is 190 Å². The predicted octanol–water partition coefficient (Wildman–Crippen LogP) is 3.35. The molecule has 0 atom stereocenters. The Bertz CT molecular complexity index is 1070. The molecule has 0 aliphatic carbocycles. The molecule has 7 nitrogen and oxygen atoms in total. The van der Waals surface area contributed by atoms with E-state index in [2.05, 4.69) is 15.3 Å². The maximum Gasteiger partial charge on any atom is 0.264 e. The zero-order chi connectivity index (χ0) is 21.8. The van der Waals surface area contributed by atoms with E-state index in [4.69, 9.17) is 11.6 Å². The number of piperazine rings is 1. The number of carbonyl (C=O) groups is 2. The van der Waals surface area contributed by atoms with E-state index in [1.807, 2.05) is 48.2 Å². The van der Waals surface area contributed by atoms with Gasteiger partial charge in [-0.05, 0) is 30.7 Å². The molecule has 3 aromatic rings. The van der Waals surface area contributed by atoms with E-state index in [0.29, 0.717) is 43.6 Å². The van der Waals surface area contributed by atoms with E-state index in [1.54, 1.807) is 16.9 Å². The maximum atomic E-state index is 12.6. The van der Waals surface area contributed by atoms with Crippen LogP contribution in [0.25, 0.3) is 0 Å². The van der Waals surface area contributed by atoms with Crippen LogP contribution in [0.15, 0.2) is 48.7 Å². The summed E-state index contributed by atoms with van der Waals surface area (Å²) in [6.45, 7) is 5.33. The summed E-state index contributed by atoms with van der Waals surface area (Å²) in [5.74, 6) is 0.604. The highest BCUT2D eigenvalue weighted by atomic mass is 35.5. The van der Waals surface area contributed by atoms with Crippen molar-refractivity contribution in [1.82, 2.24) is 19.6 Å². The van der Waals surface area contributed by atoms with Gasteiger partial charge in [-0.25, -0.2) is 4.68 Å². The average Bonchev–Trinajstić information content (AvgIpc) is 3.38. The summed E-state index contributed by atoms with van der Waals surface area (Å²) in [7, 11) is 0. The predicted molar refractivity (Wildman–Crippen MR) is 123 cm³/mol. The Hall–Kier alpha value is -2.68. The molecule has 9 heteroatoms. The first-order valence-electron chi connectivity index (χ1n) is 10.1. The number of aromatic nitrogens is 2. The lowest BCUT2D eigenvalue weighted by Gasteiger charge is -2.34. The van der Waals surface area contributed by atoms with Gasteiger partial charge in [0, 0.05) is 42.1 Å². The van der Waals surface area contributed by atoms with Gasteiger partial charge in [-0.15, -0.1) is 11.3 Å². The molecule has 2 aromatic heterocycles. The average molecular weight is 458 g/mol. The first-order valence-corrected chi connectivity index (χ1v) is 11.3. The Morgan fingerprint density at radius 2 is 1.87 bits per heavy atom. The molecule has 1 N–H and O–H groups in total. The minimum absolute atomic E-state index is 0.0747. The lowest BCUT2D eigenvalue weighted by atomic mass is 10.2. The summed E-state index contributed by atoms with van der Waals surface area (Å²) >= 11 is 7.76. The number of carbonyl (C=O) groups excluding carboxylic acids is 2. The molecule has 3 heterocycles. The van der Waals surface area contributed by atoms with Crippen molar-refractivity contribution in [2.75, 3.05) is 38.0 Å². The van der Waals surface area contributed by atoms with E-state index in [1.165, 1.54) is 11.3 Å². The second kappa shape index (κ2) is 9.64. The van der Waals surface area contributed by atoms with Crippen molar-refractivity contribution in [1.29, 1.82) is 0 Å². The first kappa shape index (κ1) is 21.5. The van der Waals surface area contributed by atoms with Crippen LogP contribution in [0.1, 0.15) is 20.1 Å². The third kappa shape index (κ3) is 5.33. The maximum absolute atomic E-state index is 12.6. The molecule has 0 bridgehead atoms. The van der Waals surface area contributed by atoms with E-state index in [-0.39, 0.29) is 18.4 Å². The molecule has 0 spiro atoms. The Morgan fingerprint density at radius 3 is 2.58 bits per heavy atom. The summed E-state index contributed by atoms with van der Waals surface area (Å²) in [5, 5.41) is 7.90. The number of benzene rings is 1. The summed E-state index contributed by atoms with van der Waals surface area (Å²) in [6, 6.07) is 13.2. The third-order valence-electron chi connectivity index (χ3n) is 5.24. The number of aryl methyl sites for hydroxylation is 1. The molecule has 2 amide bonds. The second-order valence-electron chi connectivity index (χ2n) is 7.49.